The van der Waals surface area contributed by atoms with Crippen LogP contribution in [0.25, 0.3) is 5.70 Å². The van der Waals surface area contributed by atoms with E-state index < -0.39 is 6.03 Å². The number of nitrogens with zero attached hydrogens (tertiary/aromatic N) is 1. The SMILES string of the molecule is C=C(NC(=O)/N=C(\C)c1ccc(OCC2=CC=CCC2)cc1)c1c(OC)ccc(C)c1Cl. The van der Waals surface area contributed by atoms with E-state index in [1.807, 2.05) is 37.3 Å². The molecule has 3 rings (SSSR count). The van der Waals surface area contributed by atoms with Crippen molar-refractivity contribution in [3.63, 3.8) is 0 Å². The van der Waals surface area contributed by atoms with Gasteiger partial charge in [-0.15, -0.1) is 0 Å². The summed E-state index contributed by atoms with van der Waals surface area (Å²) in [5.74, 6) is 1.30. The van der Waals surface area contributed by atoms with E-state index in [-0.39, 0.29) is 0 Å². The second-order valence-electron chi connectivity index (χ2n) is 7.48. The van der Waals surface area contributed by atoms with Gasteiger partial charge in [-0.3, -0.25) is 0 Å². The van der Waals surface area contributed by atoms with Gasteiger partial charge in [0.2, 0.25) is 0 Å². The normalized spacial score (nSPS) is 13.4. The third-order valence-corrected chi connectivity index (χ3v) is 5.63. The zero-order valence-electron chi connectivity index (χ0n) is 18.6. The van der Waals surface area contributed by atoms with Crippen molar-refractivity contribution < 1.29 is 14.3 Å². The van der Waals surface area contributed by atoms with Crippen molar-refractivity contribution in [1.82, 2.24) is 5.32 Å². The highest BCUT2D eigenvalue weighted by molar-refractivity contribution is 6.33. The number of benzene rings is 2. The number of rotatable bonds is 7. The van der Waals surface area contributed by atoms with Crippen LogP contribution in [-0.4, -0.2) is 25.5 Å². The van der Waals surface area contributed by atoms with Crippen molar-refractivity contribution in [3.8, 4) is 11.5 Å². The average molecular weight is 451 g/mol. The topological polar surface area (TPSA) is 59.9 Å². The summed E-state index contributed by atoms with van der Waals surface area (Å²) in [6.07, 6.45) is 8.40. The molecule has 0 radical (unpaired) electrons. The van der Waals surface area contributed by atoms with Crippen LogP contribution in [0, 0.1) is 6.92 Å². The van der Waals surface area contributed by atoms with Crippen LogP contribution in [0.3, 0.4) is 0 Å². The van der Waals surface area contributed by atoms with Crippen LogP contribution in [0.1, 0.15) is 36.5 Å². The molecular weight excluding hydrogens is 424 g/mol. The highest BCUT2D eigenvalue weighted by Crippen LogP contribution is 2.33. The van der Waals surface area contributed by atoms with Gasteiger partial charge in [0.05, 0.1) is 23.4 Å². The molecular formula is C26H27ClN2O3. The van der Waals surface area contributed by atoms with Gasteiger partial charge in [0, 0.05) is 5.70 Å². The molecule has 1 N–H and O–H groups in total. The smallest absolute Gasteiger partial charge is 0.345 e. The number of methoxy groups -OCH3 is 1. The van der Waals surface area contributed by atoms with E-state index in [0.717, 1.165) is 29.7 Å². The molecule has 0 heterocycles. The second-order valence-corrected chi connectivity index (χ2v) is 7.86. The van der Waals surface area contributed by atoms with E-state index >= 15 is 0 Å². The fourth-order valence-electron chi connectivity index (χ4n) is 3.29. The molecule has 0 bridgehead atoms. The molecule has 0 aromatic heterocycles. The first-order chi connectivity index (χ1) is 15.4. The number of carbonyl (C=O) groups excluding carboxylic acids is 1. The molecule has 0 saturated carbocycles. The molecule has 0 aliphatic heterocycles. The quantitative estimate of drug-likeness (QED) is 0.489. The van der Waals surface area contributed by atoms with Crippen LogP contribution in [0.5, 0.6) is 11.5 Å². The number of nitrogens with one attached hydrogen (secondary N) is 1. The molecule has 32 heavy (non-hydrogen) atoms. The molecule has 2 aromatic carbocycles. The van der Waals surface area contributed by atoms with Crippen molar-refractivity contribution in [2.24, 2.45) is 4.99 Å². The lowest BCUT2D eigenvalue weighted by Crippen LogP contribution is -2.19. The molecule has 0 fully saturated rings. The minimum absolute atomic E-state index is 0.327. The number of allylic oxidation sites excluding steroid dienone is 3. The van der Waals surface area contributed by atoms with Gasteiger partial charge in [0.15, 0.2) is 0 Å². The fraction of sp³-hybridized carbons (Fsp3) is 0.231. The van der Waals surface area contributed by atoms with Crippen molar-refractivity contribution in [2.75, 3.05) is 13.7 Å². The summed E-state index contributed by atoms with van der Waals surface area (Å²) in [6.45, 7) is 8.16. The van der Waals surface area contributed by atoms with Gasteiger partial charge in [-0.05, 0) is 73.7 Å². The first kappa shape index (κ1) is 23.4. The maximum Gasteiger partial charge on any atom is 0.345 e. The van der Waals surface area contributed by atoms with E-state index in [0.29, 0.717) is 34.4 Å². The van der Waals surface area contributed by atoms with Gasteiger partial charge in [0.25, 0.3) is 0 Å². The monoisotopic (exact) mass is 450 g/mol. The number of aliphatic imine (C=N–C) groups is 1. The predicted octanol–water partition coefficient (Wildman–Crippen LogP) is 6.50. The average Bonchev–Trinajstić information content (AvgIpc) is 2.80. The highest BCUT2D eigenvalue weighted by Gasteiger charge is 2.15. The Kier molecular flexibility index (Phi) is 7.90. The van der Waals surface area contributed by atoms with Crippen molar-refractivity contribution in [3.05, 3.63) is 88.5 Å². The van der Waals surface area contributed by atoms with Crippen molar-refractivity contribution in [2.45, 2.75) is 26.7 Å². The lowest BCUT2D eigenvalue weighted by Gasteiger charge is -2.14. The highest BCUT2D eigenvalue weighted by atomic mass is 35.5. The molecule has 166 valence electrons. The number of hydrogen-bond donors (Lipinski definition) is 1. The zero-order valence-corrected chi connectivity index (χ0v) is 19.3. The Bertz CT molecular complexity index is 1100. The van der Waals surface area contributed by atoms with Crippen LogP contribution in [-0.2, 0) is 0 Å². The standard InChI is InChI=1S/C26H27ClN2O3/c1-17-10-15-23(31-4)24(25(17)27)19(3)29-26(30)28-18(2)21-11-13-22(14-12-21)32-16-20-8-6-5-7-9-20/h5-6,8,10-15H,3,7,9,16H2,1-2,4H3,(H,29,30)/b28-18+. The zero-order chi connectivity index (χ0) is 23.1. The lowest BCUT2D eigenvalue weighted by molar-refractivity contribution is 0.253. The number of aryl methyl sites for hydroxylation is 1. The molecule has 5 nitrogen and oxygen atoms in total. The summed E-state index contributed by atoms with van der Waals surface area (Å²) in [5, 5.41) is 3.16. The van der Waals surface area contributed by atoms with Gasteiger partial charge in [-0.2, -0.15) is 4.99 Å². The predicted molar refractivity (Wildman–Crippen MR) is 131 cm³/mol. The van der Waals surface area contributed by atoms with E-state index in [2.05, 4.69) is 35.1 Å². The summed E-state index contributed by atoms with van der Waals surface area (Å²) in [4.78, 5) is 16.6. The van der Waals surface area contributed by atoms with Crippen molar-refractivity contribution in [1.29, 1.82) is 0 Å². The molecule has 6 heteroatoms. The van der Waals surface area contributed by atoms with Gasteiger partial charge < -0.3 is 14.8 Å². The van der Waals surface area contributed by atoms with Gasteiger partial charge in [-0.1, -0.05) is 42.5 Å². The van der Waals surface area contributed by atoms with Crippen LogP contribution >= 0.6 is 11.6 Å². The Morgan fingerprint density at radius 3 is 2.62 bits per heavy atom. The first-order valence-electron chi connectivity index (χ1n) is 10.4. The number of amides is 2. The summed E-state index contributed by atoms with van der Waals surface area (Å²) >= 11 is 6.40. The van der Waals surface area contributed by atoms with Gasteiger partial charge >= 0.3 is 6.03 Å². The van der Waals surface area contributed by atoms with E-state index in [9.17, 15) is 4.79 Å². The molecule has 2 amide bonds. The Labute approximate surface area is 194 Å². The number of halogens is 1. The van der Waals surface area contributed by atoms with Crippen LogP contribution in [0.15, 0.2) is 71.8 Å². The molecule has 0 unspecified atom stereocenters. The number of ether oxygens (including phenoxy) is 2. The second kappa shape index (κ2) is 10.8. The Morgan fingerprint density at radius 1 is 1.22 bits per heavy atom. The largest absolute Gasteiger partial charge is 0.496 e. The maximum absolute atomic E-state index is 12.5. The van der Waals surface area contributed by atoms with Gasteiger partial charge in [-0.25, -0.2) is 4.79 Å². The number of hydrogen-bond acceptors (Lipinski definition) is 3. The minimum atomic E-state index is -0.537. The van der Waals surface area contributed by atoms with E-state index in [4.69, 9.17) is 21.1 Å². The Hall–Kier alpha value is -3.31. The van der Waals surface area contributed by atoms with E-state index in [1.165, 1.54) is 5.57 Å². The van der Waals surface area contributed by atoms with Crippen LogP contribution in [0.2, 0.25) is 5.02 Å². The molecule has 0 spiro atoms. The molecule has 2 aromatic rings. The van der Waals surface area contributed by atoms with Crippen molar-refractivity contribution >= 4 is 29.0 Å². The first-order valence-corrected chi connectivity index (χ1v) is 10.7. The third-order valence-electron chi connectivity index (χ3n) is 5.14. The fourth-order valence-corrected chi connectivity index (χ4v) is 3.56. The lowest BCUT2D eigenvalue weighted by atomic mass is 10.1. The van der Waals surface area contributed by atoms with Crippen LogP contribution in [0.4, 0.5) is 4.79 Å². The van der Waals surface area contributed by atoms with Gasteiger partial charge in [0.1, 0.15) is 18.1 Å². The summed E-state index contributed by atoms with van der Waals surface area (Å²) in [6, 6.07) is 10.6. The Morgan fingerprint density at radius 2 is 1.97 bits per heavy atom. The molecule has 1 aliphatic rings. The summed E-state index contributed by atoms with van der Waals surface area (Å²) < 4.78 is 11.2. The maximum atomic E-state index is 12.5. The molecule has 0 atom stereocenters. The van der Waals surface area contributed by atoms with Crippen LogP contribution < -0.4 is 14.8 Å². The summed E-state index contributed by atoms with van der Waals surface area (Å²) in [7, 11) is 1.54. The number of carbonyl (C=O) groups is 1. The molecule has 1 aliphatic carbocycles. The third kappa shape index (κ3) is 5.89. The molecule has 0 saturated heterocycles. The minimum Gasteiger partial charge on any atom is -0.496 e. The van der Waals surface area contributed by atoms with E-state index in [1.54, 1.807) is 20.1 Å². The number of urea groups is 1. The Balaban J connectivity index is 1.63. The summed E-state index contributed by atoms with van der Waals surface area (Å²) in [5.41, 5.74) is 4.40.